The fraction of sp³-hybridized carbons (Fsp3) is 0.286. The standard InChI is InChI=1S/C14H16BrN3O/c1-10-16-13(15)8-14(17-10)18(2)9-11-4-6-12(19-3)7-5-11/h4-8H,9H2,1-3H3. The van der Waals surface area contributed by atoms with Gasteiger partial charge in [-0.3, -0.25) is 0 Å². The van der Waals surface area contributed by atoms with Gasteiger partial charge in [0.2, 0.25) is 0 Å². The second-order valence-electron chi connectivity index (χ2n) is 4.30. The molecule has 0 saturated carbocycles. The maximum absolute atomic E-state index is 5.15. The molecule has 0 radical (unpaired) electrons. The number of anilines is 1. The molecule has 0 N–H and O–H groups in total. The number of hydrogen-bond acceptors (Lipinski definition) is 4. The lowest BCUT2D eigenvalue weighted by Gasteiger charge is -2.18. The van der Waals surface area contributed by atoms with Crippen molar-refractivity contribution < 1.29 is 4.74 Å². The van der Waals surface area contributed by atoms with Crippen molar-refractivity contribution in [2.24, 2.45) is 0 Å². The highest BCUT2D eigenvalue weighted by Gasteiger charge is 2.06. The van der Waals surface area contributed by atoms with Crippen LogP contribution in [0.15, 0.2) is 34.9 Å². The van der Waals surface area contributed by atoms with Gasteiger partial charge in [-0.1, -0.05) is 12.1 Å². The van der Waals surface area contributed by atoms with Gasteiger partial charge in [-0.25, -0.2) is 9.97 Å². The molecule has 1 aromatic heterocycles. The van der Waals surface area contributed by atoms with Crippen LogP contribution in [0.1, 0.15) is 11.4 Å². The molecular formula is C14H16BrN3O. The van der Waals surface area contributed by atoms with Crippen LogP contribution in [0.3, 0.4) is 0 Å². The Balaban J connectivity index is 2.13. The first-order valence-corrected chi connectivity index (χ1v) is 6.73. The van der Waals surface area contributed by atoms with Gasteiger partial charge in [0.15, 0.2) is 0 Å². The van der Waals surface area contributed by atoms with Gasteiger partial charge >= 0.3 is 0 Å². The molecular weight excluding hydrogens is 306 g/mol. The summed E-state index contributed by atoms with van der Waals surface area (Å²) in [4.78, 5) is 10.7. The topological polar surface area (TPSA) is 38.2 Å². The third-order valence-electron chi connectivity index (χ3n) is 2.76. The molecule has 0 unspecified atom stereocenters. The maximum atomic E-state index is 5.15. The Morgan fingerprint density at radius 1 is 1.21 bits per heavy atom. The third kappa shape index (κ3) is 3.67. The average molecular weight is 322 g/mol. The molecule has 0 aliphatic carbocycles. The Kier molecular flexibility index (Phi) is 4.37. The van der Waals surface area contributed by atoms with E-state index in [1.165, 1.54) is 5.56 Å². The van der Waals surface area contributed by atoms with Crippen LogP contribution in [0.25, 0.3) is 0 Å². The van der Waals surface area contributed by atoms with E-state index in [0.29, 0.717) is 0 Å². The van der Waals surface area contributed by atoms with Crippen LogP contribution in [-0.2, 0) is 6.54 Å². The van der Waals surface area contributed by atoms with Crippen molar-refractivity contribution in [3.05, 3.63) is 46.3 Å². The highest BCUT2D eigenvalue weighted by molar-refractivity contribution is 9.10. The van der Waals surface area contributed by atoms with Crippen molar-refractivity contribution >= 4 is 21.7 Å². The lowest BCUT2D eigenvalue weighted by Crippen LogP contribution is -2.18. The largest absolute Gasteiger partial charge is 0.497 e. The van der Waals surface area contributed by atoms with Gasteiger partial charge in [0, 0.05) is 19.7 Å². The van der Waals surface area contributed by atoms with E-state index in [2.05, 4.69) is 42.9 Å². The molecule has 0 aliphatic heterocycles. The fourth-order valence-corrected chi connectivity index (χ4v) is 2.26. The summed E-state index contributed by atoms with van der Waals surface area (Å²) in [5.41, 5.74) is 1.20. The Hall–Kier alpha value is -1.62. The zero-order valence-corrected chi connectivity index (χ0v) is 12.8. The first-order chi connectivity index (χ1) is 9.08. The predicted molar refractivity (Wildman–Crippen MR) is 79.6 cm³/mol. The van der Waals surface area contributed by atoms with E-state index in [1.54, 1.807) is 7.11 Å². The van der Waals surface area contributed by atoms with Crippen molar-refractivity contribution in [1.82, 2.24) is 9.97 Å². The molecule has 0 atom stereocenters. The Morgan fingerprint density at radius 2 is 1.89 bits per heavy atom. The average Bonchev–Trinajstić information content (AvgIpc) is 2.38. The number of nitrogens with zero attached hydrogens (tertiary/aromatic N) is 3. The number of rotatable bonds is 4. The second-order valence-corrected chi connectivity index (χ2v) is 5.11. The van der Waals surface area contributed by atoms with Gasteiger partial charge in [0.05, 0.1) is 7.11 Å². The molecule has 0 fully saturated rings. The zero-order chi connectivity index (χ0) is 13.8. The van der Waals surface area contributed by atoms with Crippen molar-refractivity contribution in [2.45, 2.75) is 13.5 Å². The van der Waals surface area contributed by atoms with Crippen LogP contribution < -0.4 is 9.64 Å². The summed E-state index contributed by atoms with van der Waals surface area (Å²) >= 11 is 3.39. The maximum Gasteiger partial charge on any atom is 0.133 e. The lowest BCUT2D eigenvalue weighted by atomic mass is 10.2. The molecule has 2 aromatic rings. The number of benzene rings is 1. The zero-order valence-electron chi connectivity index (χ0n) is 11.2. The lowest BCUT2D eigenvalue weighted by molar-refractivity contribution is 0.414. The molecule has 100 valence electrons. The van der Waals surface area contributed by atoms with Gasteiger partial charge in [-0.15, -0.1) is 0 Å². The van der Waals surface area contributed by atoms with Gasteiger partial charge in [0.25, 0.3) is 0 Å². The van der Waals surface area contributed by atoms with Crippen LogP contribution in [-0.4, -0.2) is 24.1 Å². The molecule has 19 heavy (non-hydrogen) atoms. The fourth-order valence-electron chi connectivity index (χ4n) is 1.80. The molecule has 5 heteroatoms. The Morgan fingerprint density at radius 3 is 2.47 bits per heavy atom. The number of hydrogen-bond donors (Lipinski definition) is 0. The number of ether oxygens (including phenoxy) is 1. The minimum absolute atomic E-state index is 0.756. The van der Waals surface area contributed by atoms with Gasteiger partial charge in [-0.2, -0.15) is 0 Å². The van der Waals surface area contributed by atoms with E-state index < -0.39 is 0 Å². The second kappa shape index (κ2) is 6.02. The minimum atomic E-state index is 0.756. The molecule has 1 aromatic carbocycles. The van der Waals surface area contributed by atoms with Crippen molar-refractivity contribution in [2.75, 3.05) is 19.1 Å². The van der Waals surface area contributed by atoms with Crippen molar-refractivity contribution in [3.8, 4) is 5.75 Å². The summed E-state index contributed by atoms with van der Waals surface area (Å²) in [6.45, 7) is 2.67. The van der Waals surface area contributed by atoms with E-state index in [1.807, 2.05) is 32.2 Å². The van der Waals surface area contributed by atoms with Crippen LogP contribution in [0.5, 0.6) is 5.75 Å². The van der Waals surface area contributed by atoms with E-state index in [4.69, 9.17) is 4.74 Å². The summed E-state index contributed by atoms with van der Waals surface area (Å²) in [5.74, 6) is 2.52. The molecule has 2 rings (SSSR count). The van der Waals surface area contributed by atoms with Gasteiger partial charge < -0.3 is 9.64 Å². The van der Waals surface area contributed by atoms with E-state index in [0.717, 1.165) is 28.5 Å². The highest BCUT2D eigenvalue weighted by atomic mass is 79.9. The summed E-state index contributed by atoms with van der Waals surface area (Å²) < 4.78 is 5.95. The van der Waals surface area contributed by atoms with Gasteiger partial charge in [-0.05, 0) is 40.5 Å². The van der Waals surface area contributed by atoms with Gasteiger partial charge in [0.1, 0.15) is 22.0 Å². The molecule has 4 nitrogen and oxygen atoms in total. The van der Waals surface area contributed by atoms with Crippen LogP contribution >= 0.6 is 15.9 Å². The molecule has 0 spiro atoms. The van der Waals surface area contributed by atoms with Crippen LogP contribution in [0.2, 0.25) is 0 Å². The normalized spacial score (nSPS) is 10.3. The quantitative estimate of drug-likeness (QED) is 0.810. The summed E-state index contributed by atoms with van der Waals surface area (Å²) in [7, 11) is 3.68. The smallest absolute Gasteiger partial charge is 0.133 e. The van der Waals surface area contributed by atoms with E-state index in [9.17, 15) is 0 Å². The summed E-state index contributed by atoms with van der Waals surface area (Å²) in [6.07, 6.45) is 0. The van der Waals surface area contributed by atoms with E-state index >= 15 is 0 Å². The first-order valence-electron chi connectivity index (χ1n) is 5.94. The molecule has 0 amide bonds. The Labute approximate surface area is 121 Å². The number of aromatic nitrogens is 2. The molecule has 0 saturated heterocycles. The highest BCUT2D eigenvalue weighted by Crippen LogP contribution is 2.18. The molecule has 0 aliphatic rings. The SMILES string of the molecule is COc1ccc(CN(C)c2cc(Br)nc(C)n2)cc1. The molecule has 0 bridgehead atoms. The summed E-state index contributed by atoms with van der Waals surface area (Å²) in [5, 5.41) is 0. The van der Waals surface area contributed by atoms with Crippen molar-refractivity contribution in [1.29, 1.82) is 0 Å². The van der Waals surface area contributed by atoms with Crippen molar-refractivity contribution in [3.63, 3.8) is 0 Å². The monoisotopic (exact) mass is 321 g/mol. The van der Waals surface area contributed by atoms with Crippen LogP contribution in [0.4, 0.5) is 5.82 Å². The number of aryl methyl sites for hydroxylation is 1. The Bertz CT molecular complexity index is 537. The number of methoxy groups -OCH3 is 1. The van der Waals surface area contributed by atoms with Crippen LogP contribution in [0, 0.1) is 6.92 Å². The minimum Gasteiger partial charge on any atom is -0.497 e. The van der Waals surface area contributed by atoms with E-state index in [-0.39, 0.29) is 0 Å². The predicted octanol–water partition coefficient (Wildman–Crippen LogP) is 3.19. The third-order valence-corrected chi connectivity index (χ3v) is 3.17. The molecule has 1 heterocycles. The first kappa shape index (κ1) is 13.8. The number of halogens is 1. The summed E-state index contributed by atoms with van der Waals surface area (Å²) in [6, 6.07) is 9.95.